The normalized spacial score (nSPS) is 18.3. The first kappa shape index (κ1) is 21.8. The molecule has 0 aromatic heterocycles. The summed E-state index contributed by atoms with van der Waals surface area (Å²) in [6.07, 6.45) is 3.10. The number of hydrogen-bond donors (Lipinski definition) is 0. The molecular weight excluding hydrogens is 417 g/mol. The molecule has 4 rings (SSSR count). The van der Waals surface area contributed by atoms with Crippen molar-refractivity contribution >= 4 is 21.6 Å². The van der Waals surface area contributed by atoms with Crippen molar-refractivity contribution in [3.05, 3.63) is 59.4 Å². The quantitative estimate of drug-likeness (QED) is 0.725. The third-order valence-electron chi connectivity index (χ3n) is 6.15. The molecule has 6 nitrogen and oxygen atoms in total. The molecule has 166 valence electrons. The number of benzene rings is 2. The van der Waals surface area contributed by atoms with E-state index in [0.717, 1.165) is 43.6 Å². The fourth-order valence-corrected chi connectivity index (χ4v) is 5.70. The number of carbonyl (C=O) groups excluding carboxylic acids is 1. The van der Waals surface area contributed by atoms with Crippen LogP contribution >= 0.6 is 0 Å². The van der Waals surface area contributed by atoms with Gasteiger partial charge in [-0.1, -0.05) is 6.07 Å². The highest BCUT2D eigenvalue weighted by atomic mass is 32.2. The highest BCUT2D eigenvalue weighted by Crippen LogP contribution is 2.24. The molecule has 2 aliphatic rings. The number of aryl methyl sites for hydroxylation is 1. The zero-order valence-electron chi connectivity index (χ0n) is 17.8. The largest absolute Gasteiger partial charge is 0.369 e. The molecule has 2 saturated heterocycles. The van der Waals surface area contributed by atoms with E-state index in [1.807, 2.05) is 16.7 Å². The predicted octanol–water partition coefficient (Wildman–Crippen LogP) is 3.27. The molecule has 2 aromatic carbocycles. The number of amides is 1. The number of carbonyl (C=O) groups is 1. The molecule has 0 saturated carbocycles. The van der Waals surface area contributed by atoms with E-state index in [0.29, 0.717) is 31.7 Å². The van der Waals surface area contributed by atoms with E-state index in [1.165, 1.54) is 22.5 Å². The summed E-state index contributed by atoms with van der Waals surface area (Å²) in [6.45, 7) is 5.01. The summed E-state index contributed by atoms with van der Waals surface area (Å²) in [5.41, 5.74) is 2.13. The Bertz CT molecular complexity index is 1040. The zero-order chi connectivity index (χ0) is 22.0. The molecule has 2 aromatic rings. The van der Waals surface area contributed by atoms with E-state index in [9.17, 15) is 17.6 Å². The molecule has 0 unspecified atom stereocenters. The number of halogens is 1. The van der Waals surface area contributed by atoms with Crippen LogP contribution in [0.1, 0.15) is 35.2 Å². The summed E-state index contributed by atoms with van der Waals surface area (Å²) in [6, 6.07) is 11.1. The first-order valence-electron chi connectivity index (χ1n) is 10.8. The lowest BCUT2D eigenvalue weighted by atomic mass is 10.1. The summed E-state index contributed by atoms with van der Waals surface area (Å²) in [5, 5.41) is 0. The van der Waals surface area contributed by atoms with Crippen molar-refractivity contribution in [2.45, 2.75) is 31.1 Å². The molecule has 0 N–H and O–H groups in total. The molecule has 0 bridgehead atoms. The number of nitrogens with zero attached hydrogens (tertiary/aromatic N) is 3. The average Bonchev–Trinajstić information content (AvgIpc) is 2.80. The van der Waals surface area contributed by atoms with E-state index in [-0.39, 0.29) is 16.6 Å². The number of likely N-dealkylation sites (tertiary alicyclic amines) is 1. The zero-order valence-corrected chi connectivity index (χ0v) is 18.6. The minimum atomic E-state index is -3.70. The van der Waals surface area contributed by atoms with Crippen molar-refractivity contribution in [2.24, 2.45) is 0 Å². The van der Waals surface area contributed by atoms with Gasteiger partial charge in [-0.2, -0.15) is 4.31 Å². The van der Waals surface area contributed by atoms with Crippen LogP contribution in [-0.4, -0.2) is 62.8 Å². The van der Waals surface area contributed by atoms with Gasteiger partial charge in [0.15, 0.2) is 0 Å². The summed E-state index contributed by atoms with van der Waals surface area (Å²) >= 11 is 0. The SMILES string of the molecule is Cc1ccc(S(=O)(=O)N2CCN(c3ccc(F)cc3)CC2)cc1C(=O)N1CCCCC1. The van der Waals surface area contributed by atoms with Crippen LogP contribution in [0.2, 0.25) is 0 Å². The third-order valence-corrected chi connectivity index (χ3v) is 8.05. The fraction of sp³-hybridized carbons (Fsp3) is 0.435. The van der Waals surface area contributed by atoms with Gasteiger partial charge < -0.3 is 9.80 Å². The van der Waals surface area contributed by atoms with Crippen molar-refractivity contribution in [2.75, 3.05) is 44.2 Å². The minimum absolute atomic E-state index is 0.0876. The molecule has 2 aliphatic heterocycles. The third kappa shape index (κ3) is 4.60. The van der Waals surface area contributed by atoms with Crippen LogP contribution in [0.5, 0.6) is 0 Å². The number of anilines is 1. The molecule has 0 radical (unpaired) electrons. The van der Waals surface area contributed by atoms with E-state index in [2.05, 4.69) is 0 Å². The lowest BCUT2D eigenvalue weighted by Gasteiger charge is -2.35. The van der Waals surface area contributed by atoms with Crippen LogP contribution in [0.3, 0.4) is 0 Å². The van der Waals surface area contributed by atoms with Gasteiger partial charge in [-0.15, -0.1) is 0 Å². The second-order valence-corrected chi connectivity index (χ2v) is 10.1. The van der Waals surface area contributed by atoms with Crippen LogP contribution < -0.4 is 4.90 Å². The van der Waals surface area contributed by atoms with E-state index in [1.54, 1.807) is 24.3 Å². The van der Waals surface area contributed by atoms with Crippen molar-refractivity contribution in [3.63, 3.8) is 0 Å². The lowest BCUT2D eigenvalue weighted by molar-refractivity contribution is 0.0723. The van der Waals surface area contributed by atoms with Gasteiger partial charge in [0.25, 0.3) is 5.91 Å². The minimum Gasteiger partial charge on any atom is -0.369 e. The van der Waals surface area contributed by atoms with Gasteiger partial charge in [-0.25, -0.2) is 12.8 Å². The van der Waals surface area contributed by atoms with E-state index in [4.69, 9.17) is 0 Å². The van der Waals surface area contributed by atoms with Gasteiger partial charge in [-0.3, -0.25) is 4.79 Å². The van der Waals surface area contributed by atoms with Crippen LogP contribution in [0, 0.1) is 12.7 Å². The Hall–Kier alpha value is -2.45. The highest BCUT2D eigenvalue weighted by Gasteiger charge is 2.30. The Kier molecular flexibility index (Phi) is 6.29. The van der Waals surface area contributed by atoms with Gasteiger partial charge >= 0.3 is 0 Å². The summed E-state index contributed by atoms with van der Waals surface area (Å²) in [4.78, 5) is 17.0. The molecule has 31 heavy (non-hydrogen) atoms. The fourth-order valence-electron chi connectivity index (χ4n) is 4.25. The van der Waals surface area contributed by atoms with Gasteiger partial charge in [0.2, 0.25) is 10.0 Å². The Morgan fingerprint density at radius 1 is 0.871 bits per heavy atom. The van der Waals surface area contributed by atoms with Gasteiger partial charge in [0.05, 0.1) is 4.90 Å². The first-order valence-corrected chi connectivity index (χ1v) is 12.2. The Labute approximate surface area is 183 Å². The maximum absolute atomic E-state index is 13.3. The maximum atomic E-state index is 13.3. The van der Waals surface area contributed by atoms with E-state index < -0.39 is 10.0 Å². The number of piperidine rings is 1. The molecule has 0 aliphatic carbocycles. The van der Waals surface area contributed by atoms with Gasteiger partial charge in [0, 0.05) is 50.5 Å². The Morgan fingerprint density at radius 3 is 2.16 bits per heavy atom. The second kappa shape index (κ2) is 8.96. The van der Waals surface area contributed by atoms with Crippen molar-refractivity contribution in [1.29, 1.82) is 0 Å². The lowest BCUT2D eigenvalue weighted by Crippen LogP contribution is -2.48. The number of sulfonamides is 1. The molecule has 2 heterocycles. The standard InChI is InChI=1S/C23H28FN3O3S/c1-18-5-10-21(17-22(18)23(28)26-11-3-2-4-12-26)31(29,30)27-15-13-25(14-16-27)20-8-6-19(24)7-9-20/h5-10,17H,2-4,11-16H2,1H3. The van der Waals surface area contributed by atoms with Crippen molar-refractivity contribution in [3.8, 4) is 0 Å². The maximum Gasteiger partial charge on any atom is 0.254 e. The molecule has 8 heteroatoms. The Balaban J connectivity index is 1.50. The Morgan fingerprint density at radius 2 is 1.52 bits per heavy atom. The molecule has 2 fully saturated rings. The summed E-state index contributed by atoms with van der Waals surface area (Å²) in [5.74, 6) is -0.380. The van der Waals surface area contributed by atoms with Crippen LogP contribution in [0.15, 0.2) is 47.4 Å². The van der Waals surface area contributed by atoms with Gasteiger partial charge in [-0.05, 0) is 68.1 Å². The monoisotopic (exact) mass is 445 g/mol. The summed E-state index contributed by atoms with van der Waals surface area (Å²) in [7, 11) is -3.70. The van der Waals surface area contributed by atoms with Crippen LogP contribution in [0.25, 0.3) is 0 Å². The van der Waals surface area contributed by atoms with Crippen molar-refractivity contribution < 1.29 is 17.6 Å². The summed E-state index contributed by atoms with van der Waals surface area (Å²) < 4.78 is 41.2. The average molecular weight is 446 g/mol. The van der Waals surface area contributed by atoms with Crippen LogP contribution in [0.4, 0.5) is 10.1 Å². The predicted molar refractivity (Wildman–Crippen MR) is 118 cm³/mol. The van der Waals surface area contributed by atoms with Crippen molar-refractivity contribution in [1.82, 2.24) is 9.21 Å². The number of piperazine rings is 1. The number of rotatable bonds is 4. The topological polar surface area (TPSA) is 60.9 Å². The number of hydrogen-bond acceptors (Lipinski definition) is 4. The van der Waals surface area contributed by atoms with Crippen LogP contribution in [-0.2, 0) is 10.0 Å². The smallest absolute Gasteiger partial charge is 0.254 e. The second-order valence-electron chi connectivity index (χ2n) is 8.20. The molecule has 0 atom stereocenters. The molecule has 0 spiro atoms. The van der Waals surface area contributed by atoms with E-state index >= 15 is 0 Å². The molecular formula is C23H28FN3O3S. The highest BCUT2D eigenvalue weighted by molar-refractivity contribution is 7.89. The first-order chi connectivity index (χ1) is 14.9. The van der Waals surface area contributed by atoms with Gasteiger partial charge in [0.1, 0.15) is 5.82 Å². The molecule has 1 amide bonds.